The Bertz CT molecular complexity index is 1340. The van der Waals surface area contributed by atoms with Crippen LogP contribution in [0.3, 0.4) is 0 Å². The molecule has 3 aliphatic rings. The lowest BCUT2D eigenvalue weighted by Gasteiger charge is -2.50. The fourth-order valence-electron chi connectivity index (χ4n) is 6.11. The highest BCUT2D eigenvalue weighted by atomic mass is 16.3. The third kappa shape index (κ3) is 3.74. The van der Waals surface area contributed by atoms with Crippen LogP contribution in [0.2, 0.25) is 0 Å². The van der Waals surface area contributed by atoms with Gasteiger partial charge >= 0.3 is 0 Å². The summed E-state index contributed by atoms with van der Waals surface area (Å²) in [5, 5.41) is 47.6. The molecule has 0 heterocycles. The van der Waals surface area contributed by atoms with Gasteiger partial charge in [0.1, 0.15) is 22.8 Å². The molecule has 0 radical (unpaired) electrons. The van der Waals surface area contributed by atoms with Crippen LogP contribution in [0.4, 0.5) is 5.69 Å². The molecule has 4 atom stereocenters. The topological polar surface area (TPSA) is 194 Å². The van der Waals surface area contributed by atoms with Crippen LogP contribution in [0, 0.1) is 11.8 Å². The maximum Gasteiger partial charge on any atom is 0.255 e. The van der Waals surface area contributed by atoms with Crippen LogP contribution in [0.5, 0.6) is 5.75 Å². The largest absolute Gasteiger partial charge is 0.510 e. The molecule has 4 unspecified atom stereocenters. The summed E-state index contributed by atoms with van der Waals surface area (Å²) in [7, 11) is 6.67. The van der Waals surface area contributed by atoms with Gasteiger partial charge in [-0.1, -0.05) is 0 Å². The summed E-state index contributed by atoms with van der Waals surface area (Å²) in [6.07, 6.45) is 0.184. The number of nitrogens with two attached hydrogens (primary N) is 1. The summed E-state index contributed by atoms with van der Waals surface area (Å²) in [6, 6.07) is 0.619. The Morgan fingerprint density at radius 3 is 2.32 bits per heavy atom. The molecule has 0 saturated heterocycles. The lowest BCUT2D eigenvalue weighted by atomic mass is 9.58. The molecule has 0 aromatic heterocycles. The molecule has 1 aromatic rings. The van der Waals surface area contributed by atoms with Crippen LogP contribution in [0.15, 0.2) is 28.7 Å². The molecule has 7 N–H and O–H groups in total. The molecule has 3 aliphatic carbocycles. The molecule has 0 fully saturated rings. The van der Waals surface area contributed by atoms with Crippen LogP contribution in [-0.2, 0) is 27.3 Å². The molecule has 0 aliphatic heterocycles. The lowest BCUT2D eigenvalue weighted by Crippen LogP contribution is -2.63. The van der Waals surface area contributed by atoms with Gasteiger partial charge in [0, 0.05) is 50.3 Å². The van der Waals surface area contributed by atoms with E-state index < -0.39 is 58.0 Å². The highest BCUT2D eigenvalue weighted by molar-refractivity contribution is 6.25. The van der Waals surface area contributed by atoms with E-state index >= 15 is 0 Å². The number of nitrogens with zero attached hydrogens (tertiary/aromatic N) is 2. The van der Waals surface area contributed by atoms with E-state index in [9.17, 15) is 39.6 Å². The van der Waals surface area contributed by atoms with Gasteiger partial charge in [0.2, 0.25) is 11.7 Å². The number of rotatable bonds is 5. The minimum Gasteiger partial charge on any atom is -0.510 e. The smallest absolute Gasteiger partial charge is 0.255 e. The number of ketones is 2. The number of fused-ring (bicyclic) bond motifs is 3. The molecule has 2 amide bonds. The van der Waals surface area contributed by atoms with Crippen molar-refractivity contribution in [2.75, 3.05) is 33.1 Å². The van der Waals surface area contributed by atoms with Gasteiger partial charge in [-0.05, 0) is 44.5 Å². The highest BCUT2D eigenvalue weighted by Crippen LogP contribution is 2.53. The molecule has 0 bridgehead atoms. The first-order chi connectivity index (χ1) is 17.6. The Balaban J connectivity index is 1.96. The minimum atomic E-state index is -2.70. The van der Waals surface area contributed by atoms with Crippen molar-refractivity contribution >= 4 is 29.1 Å². The first-order valence-corrected chi connectivity index (χ1v) is 12.1. The zero-order valence-electron chi connectivity index (χ0n) is 21.8. The van der Waals surface area contributed by atoms with Gasteiger partial charge in [-0.2, -0.15) is 0 Å². The van der Waals surface area contributed by atoms with Crippen LogP contribution >= 0.6 is 0 Å². The minimum absolute atomic E-state index is 0.00698. The number of anilines is 1. The van der Waals surface area contributed by atoms with Gasteiger partial charge < -0.3 is 36.4 Å². The van der Waals surface area contributed by atoms with Crippen molar-refractivity contribution in [3.63, 3.8) is 0 Å². The second kappa shape index (κ2) is 9.14. The van der Waals surface area contributed by atoms with E-state index in [1.165, 1.54) is 11.8 Å². The Morgan fingerprint density at radius 1 is 1.16 bits per heavy atom. The van der Waals surface area contributed by atoms with Gasteiger partial charge in [-0.3, -0.25) is 24.1 Å². The number of allylic oxidation sites excluding steroid dienone is 1. The molecule has 12 nitrogen and oxygen atoms in total. The third-order valence-corrected chi connectivity index (χ3v) is 7.79. The molecule has 0 saturated carbocycles. The highest BCUT2D eigenvalue weighted by Gasteiger charge is 2.63. The van der Waals surface area contributed by atoms with E-state index in [-0.39, 0.29) is 47.7 Å². The van der Waals surface area contributed by atoms with Crippen molar-refractivity contribution in [3.8, 4) is 5.75 Å². The molecule has 204 valence electrons. The van der Waals surface area contributed by atoms with Gasteiger partial charge in [-0.25, -0.2) is 0 Å². The number of primary amides is 1. The van der Waals surface area contributed by atoms with E-state index in [1.807, 2.05) is 0 Å². The van der Waals surface area contributed by atoms with Gasteiger partial charge in [0.05, 0.1) is 11.6 Å². The number of aliphatic hydroxyl groups excluding tert-OH is 2. The predicted octanol–water partition coefficient (Wildman–Crippen LogP) is -0.177. The summed E-state index contributed by atoms with van der Waals surface area (Å²) in [5.41, 5.74) is 2.87. The molecule has 38 heavy (non-hydrogen) atoms. The Labute approximate surface area is 219 Å². The molecular weight excluding hydrogens is 496 g/mol. The van der Waals surface area contributed by atoms with Gasteiger partial charge in [-0.15, -0.1) is 0 Å². The van der Waals surface area contributed by atoms with Crippen molar-refractivity contribution in [2.45, 2.75) is 38.0 Å². The summed E-state index contributed by atoms with van der Waals surface area (Å²) in [5.74, 6) is -7.36. The number of phenolic OH excluding ortho intramolecular Hbond substituents is 1. The maximum atomic E-state index is 13.9. The zero-order chi connectivity index (χ0) is 28.4. The second-order valence-corrected chi connectivity index (χ2v) is 10.5. The first kappa shape index (κ1) is 27.1. The summed E-state index contributed by atoms with van der Waals surface area (Å²) >= 11 is 0. The number of likely N-dealkylation sites (N-methyl/N-ethyl adjacent to an activating group) is 1. The summed E-state index contributed by atoms with van der Waals surface area (Å²) in [6.45, 7) is 1.26. The monoisotopic (exact) mass is 528 g/mol. The van der Waals surface area contributed by atoms with E-state index in [4.69, 9.17) is 5.73 Å². The van der Waals surface area contributed by atoms with Crippen molar-refractivity contribution in [2.24, 2.45) is 17.6 Å². The van der Waals surface area contributed by atoms with Crippen molar-refractivity contribution in [3.05, 3.63) is 45.4 Å². The fraction of sp³-hybridized carbons (Fsp3) is 0.462. The Kier molecular flexibility index (Phi) is 6.53. The molecular formula is C26H32N4O8. The average Bonchev–Trinajstić information content (AvgIpc) is 2.80. The van der Waals surface area contributed by atoms with Crippen molar-refractivity contribution in [1.29, 1.82) is 0 Å². The number of Topliss-reactive ketones (excluding diaryl/α,β-unsaturated/α-hetero) is 2. The van der Waals surface area contributed by atoms with Crippen molar-refractivity contribution in [1.82, 2.24) is 10.2 Å². The van der Waals surface area contributed by atoms with Crippen LogP contribution in [-0.4, -0.2) is 88.5 Å². The zero-order valence-corrected chi connectivity index (χ0v) is 21.8. The van der Waals surface area contributed by atoms with E-state index in [1.54, 1.807) is 39.2 Å². The van der Waals surface area contributed by atoms with E-state index in [2.05, 4.69) is 5.32 Å². The van der Waals surface area contributed by atoms with Crippen LogP contribution in [0.25, 0.3) is 0 Å². The SMILES string of the molecule is CC(=O)NCc1cc(N(C)C)c2c(c1O)C(=O)C1=C(O)C3(O)C(=O)C(C(N)=O)=C(O)C(N(C)C)C3CC1C2. The Hall–Kier alpha value is -3.90. The van der Waals surface area contributed by atoms with Crippen LogP contribution in [0.1, 0.15) is 34.8 Å². The Morgan fingerprint density at radius 2 is 1.79 bits per heavy atom. The van der Waals surface area contributed by atoms with Gasteiger partial charge in [0.15, 0.2) is 11.4 Å². The van der Waals surface area contributed by atoms with E-state index in [0.717, 1.165) is 0 Å². The fourth-order valence-corrected chi connectivity index (χ4v) is 6.11. The number of hydrogen-bond acceptors (Lipinski definition) is 10. The lowest BCUT2D eigenvalue weighted by molar-refractivity contribution is -0.148. The number of nitrogens with one attached hydrogen (secondary N) is 1. The van der Waals surface area contributed by atoms with E-state index in [0.29, 0.717) is 11.3 Å². The maximum absolute atomic E-state index is 13.9. The number of phenols is 1. The number of aliphatic hydroxyl groups is 3. The van der Waals surface area contributed by atoms with Crippen LogP contribution < -0.4 is 16.0 Å². The standard InChI is InChI=1S/C26H32N4O8/c1-10(31)28-9-12-8-15(29(2)3)13-6-11-7-14-19(30(4)5)22(34)18(25(27)37)24(36)26(14,38)23(35)16(11)21(33)17(13)20(12)32/h8,11,14,19,32,34-35,38H,6-7,9H2,1-5H3,(H2,27,37)(H,28,31). The molecule has 12 heteroatoms. The van der Waals surface area contributed by atoms with Crippen molar-refractivity contribution < 1.29 is 39.6 Å². The normalized spacial score (nSPS) is 26.7. The summed E-state index contributed by atoms with van der Waals surface area (Å²) < 4.78 is 0. The number of amides is 2. The number of carbonyl (C=O) groups excluding carboxylic acids is 4. The predicted molar refractivity (Wildman–Crippen MR) is 136 cm³/mol. The number of carbonyl (C=O) groups is 4. The second-order valence-electron chi connectivity index (χ2n) is 10.5. The third-order valence-electron chi connectivity index (χ3n) is 7.79. The molecule has 4 rings (SSSR count). The number of aromatic hydroxyl groups is 1. The first-order valence-electron chi connectivity index (χ1n) is 12.1. The molecule has 1 aromatic carbocycles. The molecule has 0 spiro atoms. The number of benzene rings is 1. The summed E-state index contributed by atoms with van der Waals surface area (Å²) in [4.78, 5) is 54.1. The number of hydrogen-bond donors (Lipinski definition) is 6. The quantitative estimate of drug-likeness (QED) is 0.279. The average molecular weight is 529 g/mol. The van der Waals surface area contributed by atoms with Gasteiger partial charge in [0.25, 0.3) is 5.91 Å².